The van der Waals surface area contributed by atoms with Gasteiger partial charge in [-0.2, -0.15) is 0 Å². The Balaban J connectivity index is 1.98. The van der Waals surface area contributed by atoms with E-state index in [0.29, 0.717) is 0 Å². The number of halogens is 1. The second kappa shape index (κ2) is 3.96. The zero-order valence-corrected chi connectivity index (χ0v) is 9.43. The van der Waals surface area contributed by atoms with E-state index >= 15 is 0 Å². The lowest BCUT2D eigenvalue weighted by Gasteiger charge is -2.23. The summed E-state index contributed by atoms with van der Waals surface area (Å²) in [6, 6.07) is 3.71. The van der Waals surface area contributed by atoms with E-state index in [2.05, 4.69) is 10.2 Å². The Kier molecular flexibility index (Phi) is 2.46. The van der Waals surface area contributed by atoms with Crippen LogP contribution < -0.4 is 10.2 Å². The van der Waals surface area contributed by atoms with E-state index in [9.17, 15) is 4.39 Å². The third-order valence-corrected chi connectivity index (χ3v) is 3.56. The summed E-state index contributed by atoms with van der Waals surface area (Å²) in [4.78, 5) is 2.16. The summed E-state index contributed by atoms with van der Waals surface area (Å²) in [6.45, 7) is 3.00. The van der Waals surface area contributed by atoms with Crippen LogP contribution in [-0.4, -0.2) is 19.6 Å². The second-order valence-electron chi connectivity index (χ2n) is 4.69. The van der Waals surface area contributed by atoms with Gasteiger partial charge in [-0.15, -0.1) is 0 Å². The number of nitrogens with one attached hydrogen (secondary N) is 1. The smallest absolute Gasteiger partial charge is 0.146 e. The van der Waals surface area contributed by atoms with Crippen LogP contribution in [0.25, 0.3) is 0 Å². The van der Waals surface area contributed by atoms with Crippen molar-refractivity contribution >= 4 is 11.4 Å². The maximum absolute atomic E-state index is 14.0. The third-order valence-electron chi connectivity index (χ3n) is 3.56. The molecule has 0 amide bonds. The van der Waals surface area contributed by atoms with Gasteiger partial charge in [-0.05, 0) is 43.4 Å². The van der Waals surface area contributed by atoms with Crippen LogP contribution in [0.5, 0.6) is 0 Å². The Hall–Kier alpha value is -1.25. The number of fused-ring (bicyclic) bond motifs is 1. The molecule has 0 aromatic heterocycles. The van der Waals surface area contributed by atoms with Crippen LogP contribution in [0.2, 0.25) is 0 Å². The van der Waals surface area contributed by atoms with E-state index in [1.54, 1.807) is 6.07 Å². The minimum Gasteiger partial charge on any atom is -0.385 e. The fourth-order valence-electron chi connectivity index (χ4n) is 2.68. The van der Waals surface area contributed by atoms with E-state index in [1.807, 2.05) is 6.07 Å². The Bertz CT molecular complexity index is 397. The molecule has 0 radical (unpaired) electrons. The normalized spacial score (nSPS) is 19.4. The fourth-order valence-corrected chi connectivity index (χ4v) is 2.68. The SMILES string of the molecule is Fc1cc2c(cc1N1CCCC1)NCCC2. The van der Waals surface area contributed by atoms with Crippen molar-refractivity contribution in [3.63, 3.8) is 0 Å². The Morgan fingerprint density at radius 1 is 1.12 bits per heavy atom. The van der Waals surface area contributed by atoms with Gasteiger partial charge in [0.15, 0.2) is 0 Å². The van der Waals surface area contributed by atoms with Crippen molar-refractivity contribution < 1.29 is 4.39 Å². The first kappa shape index (κ1) is 9.94. The first-order valence-electron chi connectivity index (χ1n) is 6.16. The summed E-state index contributed by atoms with van der Waals surface area (Å²) in [7, 11) is 0. The highest BCUT2D eigenvalue weighted by Gasteiger charge is 2.19. The monoisotopic (exact) mass is 220 g/mol. The van der Waals surface area contributed by atoms with Crippen LogP contribution in [0.15, 0.2) is 12.1 Å². The van der Waals surface area contributed by atoms with Gasteiger partial charge in [0.05, 0.1) is 5.69 Å². The average Bonchev–Trinajstić information content (AvgIpc) is 2.81. The fraction of sp³-hybridized carbons (Fsp3) is 0.538. The molecule has 1 aromatic carbocycles. The highest BCUT2D eigenvalue weighted by Crippen LogP contribution is 2.31. The van der Waals surface area contributed by atoms with Crippen LogP contribution in [0.1, 0.15) is 24.8 Å². The summed E-state index contributed by atoms with van der Waals surface area (Å²) < 4.78 is 14.0. The first-order valence-corrected chi connectivity index (χ1v) is 6.16. The number of hydrogen-bond acceptors (Lipinski definition) is 2. The Morgan fingerprint density at radius 2 is 1.94 bits per heavy atom. The first-order chi connectivity index (χ1) is 7.84. The van der Waals surface area contributed by atoms with Gasteiger partial charge in [0.25, 0.3) is 0 Å². The molecule has 0 unspecified atom stereocenters. The molecule has 2 aliphatic heterocycles. The molecule has 0 saturated carbocycles. The molecule has 1 aromatic rings. The van der Waals surface area contributed by atoms with Crippen LogP contribution in [0, 0.1) is 5.82 Å². The molecule has 2 heterocycles. The topological polar surface area (TPSA) is 15.3 Å². The molecule has 0 spiro atoms. The van der Waals surface area contributed by atoms with Crippen molar-refractivity contribution in [2.75, 3.05) is 29.9 Å². The zero-order chi connectivity index (χ0) is 11.0. The quantitative estimate of drug-likeness (QED) is 0.783. The van der Waals surface area contributed by atoms with Gasteiger partial charge in [-0.3, -0.25) is 0 Å². The van der Waals surface area contributed by atoms with Crippen molar-refractivity contribution in [3.8, 4) is 0 Å². The lowest BCUT2D eigenvalue weighted by atomic mass is 10.0. The van der Waals surface area contributed by atoms with Crippen LogP contribution in [-0.2, 0) is 6.42 Å². The number of benzene rings is 1. The van der Waals surface area contributed by atoms with Gasteiger partial charge in [-0.25, -0.2) is 4.39 Å². The molecule has 0 bridgehead atoms. The lowest BCUT2D eigenvalue weighted by Crippen LogP contribution is -2.20. The van der Waals surface area contributed by atoms with Crippen molar-refractivity contribution in [2.45, 2.75) is 25.7 Å². The van der Waals surface area contributed by atoms with Crippen molar-refractivity contribution in [1.29, 1.82) is 0 Å². The van der Waals surface area contributed by atoms with Gasteiger partial charge in [0, 0.05) is 25.3 Å². The van der Waals surface area contributed by atoms with Gasteiger partial charge in [0.2, 0.25) is 0 Å². The maximum Gasteiger partial charge on any atom is 0.146 e. The lowest BCUT2D eigenvalue weighted by molar-refractivity contribution is 0.619. The molecule has 16 heavy (non-hydrogen) atoms. The van der Waals surface area contributed by atoms with Gasteiger partial charge < -0.3 is 10.2 Å². The van der Waals surface area contributed by atoms with Crippen LogP contribution >= 0.6 is 0 Å². The Morgan fingerprint density at radius 3 is 2.75 bits per heavy atom. The summed E-state index contributed by atoms with van der Waals surface area (Å²) in [6.07, 6.45) is 4.48. The highest BCUT2D eigenvalue weighted by atomic mass is 19.1. The number of nitrogens with zero attached hydrogens (tertiary/aromatic N) is 1. The molecule has 3 rings (SSSR count). The summed E-state index contributed by atoms with van der Waals surface area (Å²) >= 11 is 0. The van der Waals surface area contributed by atoms with Gasteiger partial charge >= 0.3 is 0 Å². The van der Waals surface area contributed by atoms with E-state index in [-0.39, 0.29) is 5.82 Å². The Labute approximate surface area is 95.4 Å². The van der Waals surface area contributed by atoms with Crippen LogP contribution in [0.3, 0.4) is 0 Å². The maximum atomic E-state index is 14.0. The molecule has 0 aliphatic carbocycles. The van der Waals surface area contributed by atoms with Crippen LogP contribution in [0.4, 0.5) is 15.8 Å². The summed E-state index contributed by atoms with van der Waals surface area (Å²) in [5.74, 6) is -0.0515. The number of hydrogen-bond donors (Lipinski definition) is 1. The molecule has 1 fully saturated rings. The highest BCUT2D eigenvalue weighted by molar-refractivity contribution is 5.64. The largest absolute Gasteiger partial charge is 0.385 e. The van der Waals surface area contributed by atoms with E-state index in [0.717, 1.165) is 49.4 Å². The molecular weight excluding hydrogens is 203 g/mol. The minimum atomic E-state index is -0.0515. The third kappa shape index (κ3) is 1.64. The summed E-state index contributed by atoms with van der Waals surface area (Å²) in [5, 5.41) is 3.36. The molecule has 1 N–H and O–H groups in total. The summed E-state index contributed by atoms with van der Waals surface area (Å²) in [5.41, 5.74) is 3.05. The standard InChI is InChI=1S/C13H17FN2/c14-11-8-10-4-3-5-15-12(10)9-13(11)16-6-1-2-7-16/h8-9,15H,1-7H2. The molecule has 86 valence electrons. The molecule has 3 heteroatoms. The second-order valence-corrected chi connectivity index (χ2v) is 4.69. The van der Waals surface area contributed by atoms with E-state index in [1.165, 1.54) is 12.8 Å². The minimum absolute atomic E-state index is 0.0515. The van der Waals surface area contributed by atoms with Gasteiger partial charge in [-0.1, -0.05) is 0 Å². The predicted octanol–water partition coefficient (Wildman–Crippen LogP) is 2.78. The number of anilines is 2. The molecular formula is C13H17FN2. The molecule has 2 aliphatic rings. The molecule has 1 saturated heterocycles. The van der Waals surface area contributed by atoms with E-state index in [4.69, 9.17) is 0 Å². The number of rotatable bonds is 1. The average molecular weight is 220 g/mol. The number of aryl methyl sites for hydroxylation is 1. The van der Waals surface area contributed by atoms with E-state index < -0.39 is 0 Å². The van der Waals surface area contributed by atoms with Crippen molar-refractivity contribution in [2.24, 2.45) is 0 Å². The molecule has 0 atom stereocenters. The van der Waals surface area contributed by atoms with Crippen molar-refractivity contribution in [3.05, 3.63) is 23.5 Å². The predicted molar refractivity (Wildman–Crippen MR) is 64.7 cm³/mol. The van der Waals surface area contributed by atoms with Crippen molar-refractivity contribution in [1.82, 2.24) is 0 Å². The zero-order valence-electron chi connectivity index (χ0n) is 9.43. The van der Waals surface area contributed by atoms with Gasteiger partial charge in [0.1, 0.15) is 5.82 Å². The molecule has 2 nitrogen and oxygen atoms in total.